The van der Waals surface area contributed by atoms with Crippen LogP contribution in [0.1, 0.15) is 21.5 Å². The van der Waals surface area contributed by atoms with Crippen molar-refractivity contribution in [2.75, 3.05) is 7.11 Å². The van der Waals surface area contributed by atoms with E-state index in [1.54, 1.807) is 19.2 Å². The fourth-order valence-corrected chi connectivity index (χ4v) is 2.63. The van der Waals surface area contributed by atoms with Crippen molar-refractivity contribution in [3.8, 4) is 11.5 Å². The molecule has 0 aliphatic carbocycles. The number of para-hydroxylation sites is 2. The van der Waals surface area contributed by atoms with Crippen LogP contribution in [-0.4, -0.2) is 13.0 Å². The van der Waals surface area contributed by atoms with Crippen molar-refractivity contribution in [2.24, 2.45) is 0 Å². The van der Waals surface area contributed by atoms with Gasteiger partial charge in [0.05, 0.1) is 12.7 Å². The summed E-state index contributed by atoms with van der Waals surface area (Å²) in [6.45, 7) is 0.799. The Kier molecular flexibility index (Phi) is 5.88. The zero-order valence-electron chi connectivity index (χ0n) is 14.6. The highest BCUT2D eigenvalue weighted by molar-refractivity contribution is 5.96. The topological polar surface area (TPSA) is 47.6 Å². The lowest BCUT2D eigenvalue weighted by Crippen LogP contribution is -2.23. The number of hydrogen-bond donors (Lipinski definition) is 1. The molecule has 0 saturated heterocycles. The molecule has 26 heavy (non-hydrogen) atoms. The number of rotatable bonds is 7. The third-order valence-electron chi connectivity index (χ3n) is 4.00. The van der Waals surface area contributed by atoms with E-state index in [0.717, 1.165) is 16.9 Å². The van der Waals surface area contributed by atoms with E-state index in [0.29, 0.717) is 24.5 Å². The van der Waals surface area contributed by atoms with Crippen LogP contribution in [-0.2, 0) is 13.2 Å². The number of hydrogen-bond acceptors (Lipinski definition) is 3. The van der Waals surface area contributed by atoms with Gasteiger partial charge in [-0.2, -0.15) is 0 Å². The van der Waals surface area contributed by atoms with Crippen molar-refractivity contribution in [3.63, 3.8) is 0 Å². The molecule has 4 nitrogen and oxygen atoms in total. The number of carbonyl (C=O) groups is 1. The van der Waals surface area contributed by atoms with Crippen LogP contribution in [0.4, 0.5) is 0 Å². The molecule has 0 radical (unpaired) electrons. The second kappa shape index (κ2) is 8.72. The number of methoxy groups -OCH3 is 1. The van der Waals surface area contributed by atoms with Gasteiger partial charge in [-0.3, -0.25) is 4.79 Å². The average Bonchev–Trinajstić information content (AvgIpc) is 2.71. The first kappa shape index (κ1) is 17.5. The van der Waals surface area contributed by atoms with Crippen LogP contribution in [0.15, 0.2) is 78.9 Å². The molecule has 4 heteroatoms. The average molecular weight is 347 g/mol. The Hall–Kier alpha value is -3.27. The van der Waals surface area contributed by atoms with Crippen LogP contribution >= 0.6 is 0 Å². The van der Waals surface area contributed by atoms with Crippen molar-refractivity contribution < 1.29 is 14.3 Å². The van der Waals surface area contributed by atoms with Crippen LogP contribution in [0.25, 0.3) is 0 Å². The van der Waals surface area contributed by atoms with E-state index >= 15 is 0 Å². The van der Waals surface area contributed by atoms with Crippen LogP contribution in [0, 0.1) is 0 Å². The predicted octanol–water partition coefficient (Wildman–Crippen LogP) is 4.20. The highest BCUT2D eigenvalue weighted by atomic mass is 16.5. The molecule has 3 rings (SSSR count). The second-order valence-corrected chi connectivity index (χ2v) is 5.76. The number of benzene rings is 3. The maximum absolute atomic E-state index is 12.6. The summed E-state index contributed by atoms with van der Waals surface area (Å²) in [6, 6.07) is 24.7. The van der Waals surface area contributed by atoms with Crippen molar-refractivity contribution in [1.29, 1.82) is 0 Å². The predicted molar refractivity (Wildman–Crippen MR) is 101 cm³/mol. The first-order valence-electron chi connectivity index (χ1n) is 8.44. The van der Waals surface area contributed by atoms with E-state index in [2.05, 4.69) is 5.32 Å². The summed E-state index contributed by atoms with van der Waals surface area (Å²) >= 11 is 0. The molecule has 0 atom stereocenters. The van der Waals surface area contributed by atoms with Gasteiger partial charge in [-0.1, -0.05) is 60.7 Å². The standard InChI is InChI=1S/C22H21NO3/c1-25-20-13-7-5-11-18(20)16-26-21-14-8-6-12-19(21)22(24)23-15-17-9-3-2-4-10-17/h2-14H,15-16H2,1H3,(H,23,24). The first-order chi connectivity index (χ1) is 12.8. The van der Waals surface area contributed by atoms with Crippen LogP contribution in [0.3, 0.4) is 0 Å². The first-order valence-corrected chi connectivity index (χ1v) is 8.44. The van der Waals surface area contributed by atoms with Crippen LogP contribution in [0.5, 0.6) is 11.5 Å². The summed E-state index contributed by atoms with van der Waals surface area (Å²) in [7, 11) is 1.63. The van der Waals surface area contributed by atoms with E-state index in [1.165, 1.54) is 0 Å². The molecule has 3 aromatic rings. The number of nitrogens with one attached hydrogen (secondary N) is 1. The molecule has 0 bridgehead atoms. The molecule has 0 fully saturated rings. The SMILES string of the molecule is COc1ccccc1COc1ccccc1C(=O)NCc1ccccc1. The number of ether oxygens (including phenoxy) is 2. The normalized spacial score (nSPS) is 10.2. The van der Waals surface area contributed by atoms with Gasteiger partial charge in [0.1, 0.15) is 18.1 Å². The van der Waals surface area contributed by atoms with Crippen LogP contribution < -0.4 is 14.8 Å². The van der Waals surface area contributed by atoms with Gasteiger partial charge in [-0.05, 0) is 23.8 Å². The van der Waals surface area contributed by atoms with Crippen molar-refractivity contribution in [1.82, 2.24) is 5.32 Å². The van der Waals surface area contributed by atoms with E-state index in [4.69, 9.17) is 9.47 Å². The molecule has 1 amide bonds. The third-order valence-corrected chi connectivity index (χ3v) is 4.00. The fourth-order valence-electron chi connectivity index (χ4n) is 2.63. The van der Waals surface area contributed by atoms with Gasteiger partial charge in [0.15, 0.2) is 0 Å². The highest BCUT2D eigenvalue weighted by Crippen LogP contribution is 2.23. The minimum atomic E-state index is -0.163. The molecule has 0 heterocycles. The maximum atomic E-state index is 12.6. The summed E-state index contributed by atoms with van der Waals surface area (Å²) in [5.74, 6) is 1.15. The summed E-state index contributed by atoms with van der Waals surface area (Å²) in [4.78, 5) is 12.6. The Morgan fingerprint density at radius 3 is 2.27 bits per heavy atom. The van der Waals surface area contributed by atoms with Gasteiger partial charge in [-0.25, -0.2) is 0 Å². The minimum Gasteiger partial charge on any atom is -0.496 e. The van der Waals surface area contributed by atoms with Gasteiger partial charge in [0.25, 0.3) is 5.91 Å². The molecular formula is C22H21NO3. The Morgan fingerprint density at radius 2 is 1.50 bits per heavy atom. The summed E-state index contributed by atoms with van der Waals surface area (Å²) in [5.41, 5.74) is 2.49. The molecular weight excluding hydrogens is 326 g/mol. The minimum absolute atomic E-state index is 0.163. The molecule has 0 saturated carbocycles. The zero-order chi connectivity index (χ0) is 18.2. The molecule has 0 aliphatic rings. The quantitative estimate of drug-likeness (QED) is 0.697. The number of carbonyl (C=O) groups excluding carboxylic acids is 1. The lowest BCUT2D eigenvalue weighted by molar-refractivity contribution is 0.0946. The van der Waals surface area contributed by atoms with E-state index in [1.807, 2.05) is 66.7 Å². The van der Waals surface area contributed by atoms with E-state index < -0.39 is 0 Å². The monoisotopic (exact) mass is 347 g/mol. The fraction of sp³-hybridized carbons (Fsp3) is 0.136. The summed E-state index contributed by atoms with van der Waals surface area (Å²) < 4.78 is 11.2. The van der Waals surface area contributed by atoms with Gasteiger partial charge < -0.3 is 14.8 Å². The second-order valence-electron chi connectivity index (χ2n) is 5.76. The Labute approximate surface area is 153 Å². The van der Waals surface area contributed by atoms with Crippen molar-refractivity contribution >= 4 is 5.91 Å². The molecule has 3 aromatic carbocycles. The lowest BCUT2D eigenvalue weighted by Gasteiger charge is -2.13. The van der Waals surface area contributed by atoms with Crippen molar-refractivity contribution in [3.05, 3.63) is 95.6 Å². The summed E-state index contributed by atoms with van der Waals surface area (Å²) in [5, 5.41) is 2.93. The molecule has 132 valence electrons. The number of amides is 1. The Bertz CT molecular complexity index is 862. The molecule has 0 aliphatic heterocycles. The highest BCUT2D eigenvalue weighted by Gasteiger charge is 2.12. The van der Waals surface area contributed by atoms with E-state index in [9.17, 15) is 4.79 Å². The van der Waals surface area contributed by atoms with Gasteiger partial charge in [-0.15, -0.1) is 0 Å². The third kappa shape index (κ3) is 4.42. The lowest BCUT2D eigenvalue weighted by atomic mass is 10.1. The zero-order valence-corrected chi connectivity index (χ0v) is 14.6. The van der Waals surface area contributed by atoms with Crippen molar-refractivity contribution in [2.45, 2.75) is 13.2 Å². The largest absolute Gasteiger partial charge is 0.496 e. The maximum Gasteiger partial charge on any atom is 0.255 e. The molecule has 0 unspecified atom stereocenters. The Morgan fingerprint density at radius 1 is 0.846 bits per heavy atom. The van der Waals surface area contributed by atoms with Gasteiger partial charge in [0.2, 0.25) is 0 Å². The smallest absolute Gasteiger partial charge is 0.255 e. The summed E-state index contributed by atoms with van der Waals surface area (Å²) in [6.07, 6.45) is 0. The van der Waals surface area contributed by atoms with Gasteiger partial charge in [0, 0.05) is 12.1 Å². The van der Waals surface area contributed by atoms with Crippen LogP contribution in [0.2, 0.25) is 0 Å². The molecule has 0 spiro atoms. The molecule has 0 aromatic heterocycles. The molecule has 1 N–H and O–H groups in total. The van der Waals surface area contributed by atoms with Gasteiger partial charge >= 0.3 is 0 Å². The van der Waals surface area contributed by atoms with E-state index in [-0.39, 0.29) is 5.91 Å². The Balaban J connectivity index is 1.68.